The molecule has 1 saturated heterocycles. The summed E-state index contributed by atoms with van der Waals surface area (Å²) in [5.41, 5.74) is 0.396. The zero-order valence-electron chi connectivity index (χ0n) is 12.5. The lowest BCUT2D eigenvalue weighted by Crippen LogP contribution is -2.47. The van der Waals surface area contributed by atoms with Crippen molar-refractivity contribution in [1.82, 2.24) is 14.9 Å². The molecule has 1 saturated carbocycles. The average molecular weight is 285 g/mol. The maximum Gasteiger partial charge on any atom is 0.182 e. The third-order valence-electron chi connectivity index (χ3n) is 4.69. The summed E-state index contributed by atoms with van der Waals surface area (Å²) >= 11 is 0. The van der Waals surface area contributed by atoms with Gasteiger partial charge in [-0.25, -0.2) is 9.97 Å². The van der Waals surface area contributed by atoms with E-state index in [2.05, 4.69) is 26.3 Å². The fourth-order valence-electron chi connectivity index (χ4n) is 3.62. The molecule has 1 aliphatic carbocycles. The molecule has 0 aromatic carbocycles. The van der Waals surface area contributed by atoms with Crippen molar-refractivity contribution in [2.24, 2.45) is 0 Å². The summed E-state index contributed by atoms with van der Waals surface area (Å²) in [6.45, 7) is 2.28. The summed E-state index contributed by atoms with van der Waals surface area (Å²) < 4.78 is 0. The summed E-state index contributed by atoms with van der Waals surface area (Å²) in [5, 5.41) is 12.5. The van der Waals surface area contributed by atoms with Gasteiger partial charge >= 0.3 is 0 Å². The Hall–Kier alpha value is -1.67. The predicted molar refractivity (Wildman–Crippen MR) is 81.8 cm³/mol. The van der Waals surface area contributed by atoms with E-state index in [1.54, 1.807) is 12.4 Å². The molecule has 1 aromatic rings. The van der Waals surface area contributed by atoms with Crippen LogP contribution >= 0.6 is 0 Å². The molecule has 1 aromatic heterocycles. The predicted octanol–water partition coefficient (Wildman–Crippen LogP) is 2.56. The maximum absolute atomic E-state index is 9.10. The van der Waals surface area contributed by atoms with Gasteiger partial charge in [0.15, 0.2) is 11.5 Å². The highest BCUT2D eigenvalue weighted by Gasteiger charge is 2.27. The number of hydrogen-bond donors (Lipinski definition) is 1. The minimum Gasteiger partial charge on any atom is -0.364 e. The normalized spacial score (nSPS) is 24.4. The van der Waals surface area contributed by atoms with Crippen LogP contribution < -0.4 is 5.32 Å². The van der Waals surface area contributed by atoms with Crippen LogP contribution in [-0.2, 0) is 0 Å². The Balaban J connectivity index is 1.62. The molecule has 2 fully saturated rings. The molecular formula is C16H23N5. The Kier molecular flexibility index (Phi) is 4.66. The second-order valence-corrected chi connectivity index (χ2v) is 6.14. The summed E-state index contributed by atoms with van der Waals surface area (Å²) in [5.74, 6) is 0.635. The highest BCUT2D eigenvalue weighted by atomic mass is 15.2. The van der Waals surface area contributed by atoms with Gasteiger partial charge in [0, 0.05) is 31.0 Å². The van der Waals surface area contributed by atoms with Crippen LogP contribution in [0.4, 0.5) is 5.82 Å². The number of aromatic nitrogens is 2. The molecule has 5 heteroatoms. The molecule has 21 heavy (non-hydrogen) atoms. The lowest BCUT2D eigenvalue weighted by molar-refractivity contribution is 0.124. The molecule has 0 radical (unpaired) electrons. The number of nitrogens with zero attached hydrogens (tertiary/aromatic N) is 4. The van der Waals surface area contributed by atoms with Gasteiger partial charge in [-0.15, -0.1) is 0 Å². The first-order valence-corrected chi connectivity index (χ1v) is 8.08. The lowest BCUT2D eigenvalue weighted by Gasteiger charge is -2.40. The van der Waals surface area contributed by atoms with Crippen molar-refractivity contribution < 1.29 is 0 Å². The van der Waals surface area contributed by atoms with Crippen molar-refractivity contribution >= 4 is 5.82 Å². The van der Waals surface area contributed by atoms with E-state index in [9.17, 15) is 0 Å². The number of piperidine rings is 1. The number of hydrogen-bond acceptors (Lipinski definition) is 5. The zero-order valence-corrected chi connectivity index (χ0v) is 12.5. The fourth-order valence-corrected chi connectivity index (χ4v) is 3.62. The molecule has 5 nitrogen and oxygen atoms in total. The Labute approximate surface area is 126 Å². The third kappa shape index (κ3) is 3.51. The van der Waals surface area contributed by atoms with E-state index in [1.807, 2.05) is 0 Å². The van der Waals surface area contributed by atoms with Gasteiger partial charge in [-0.3, -0.25) is 4.90 Å². The zero-order chi connectivity index (χ0) is 14.5. The van der Waals surface area contributed by atoms with E-state index in [-0.39, 0.29) is 0 Å². The van der Waals surface area contributed by atoms with Gasteiger partial charge in [-0.2, -0.15) is 5.26 Å². The van der Waals surface area contributed by atoms with E-state index in [4.69, 9.17) is 5.26 Å². The highest BCUT2D eigenvalue weighted by molar-refractivity contribution is 5.47. The molecule has 2 heterocycles. The van der Waals surface area contributed by atoms with Crippen LogP contribution in [-0.4, -0.2) is 40.0 Å². The molecule has 0 spiro atoms. The van der Waals surface area contributed by atoms with Crippen molar-refractivity contribution in [3.63, 3.8) is 0 Å². The molecule has 3 rings (SSSR count). The van der Waals surface area contributed by atoms with Gasteiger partial charge in [0.05, 0.1) is 0 Å². The van der Waals surface area contributed by atoms with Gasteiger partial charge in [0.25, 0.3) is 0 Å². The Bertz CT molecular complexity index is 504. The van der Waals surface area contributed by atoms with Crippen molar-refractivity contribution in [3.8, 4) is 6.07 Å². The minimum atomic E-state index is 0.379. The summed E-state index contributed by atoms with van der Waals surface area (Å²) in [6.07, 6.45) is 12.4. The molecule has 1 unspecified atom stereocenters. The summed E-state index contributed by atoms with van der Waals surface area (Å²) in [7, 11) is 0. The Morgan fingerprint density at radius 1 is 1.10 bits per heavy atom. The van der Waals surface area contributed by atoms with Crippen LogP contribution in [0, 0.1) is 11.3 Å². The Morgan fingerprint density at radius 3 is 2.71 bits per heavy atom. The van der Waals surface area contributed by atoms with E-state index in [1.165, 1.54) is 45.1 Å². The molecule has 2 aliphatic rings. The first-order chi connectivity index (χ1) is 10.4. The standard InChI is InChI=1S/C16H23N5/c17-11-15-16(19-9-8-18-15)20-13-5-4-10-21(12-13)14-6-2-1-3-7-14/h8-9,13-14H,1-7,10,12H2,(H,19,20). The lowest BCUT2D eigenvalue weighted by atomic mass is 9.92. The first-order valence-electron chi connectivity index (χ1n) is 8.08. The number of likely N-dealkylation sites (tertiary alicyclic amines) is 1. The van der Waals surface area contributed by atoms with Crippen LogP contribution in [0.15, 0.2) is 12.4 Å². The molecule has 112 valence electrons. The molecule has 1 atom stereocenters. The van der Waals surface area contributed by atoms with Crippen molar-refractivity contribution in [1.29, 1.82) is 5.26 Å². The molecule has 1 N–H and O–H groups in total. The largest absolute Gasteiger partial charge is 0.364 e. The van der Waals surface area contributed by atoms with E-state index in [0.717, 1.165) is 19.0 Å². The van der Waals surface area contributed by atoms with Crippen LogP contribution in [0.5, 0.6) is 0 Å². The van der Waals surface area contributed by atoms with Gasteiger partial charge in [0.1, 0.15) is 6.07 Å². The van der Waals surface area contributed by atoms with Crippen LogP contribution in [0.1, 0.15) is 50.6 Å². The van der Waals surface area contributed by atoms with Gasteiger partial charge in [0.2, 0.25) is 0 Å². The van der Waals surface area contributed by atoms with Crippen molar-refractivity contribution in [2.75, 3.05) is 18.4 Å². The van der Waals surface area contributed by atoms with Crippen molar-refractivity contribution in [2.45, 2.75) is 57.0 Å². The second-order valence-electron chi connectivity index (χ2n) is 6.14. The maximum atomic E-state index is 9.10. The van der Waals surface area contributed by atoms with Gasteiger partial charge in [-0.05, 0) is 32.2 Å². The topological polar surface area (TPSA) is 64.8 Å². The smallest absolute Gasteiger partial charge is 0.182 e. The van der Waals surface area contributed by atoms with Crippen LogP contribution in [0.3, 0.4) is 0 Å². The second kappa shape index (κ2) is 6.86. The average Bonchev–Trinajstić information content (AvgIpc) is 2.56. The molecule has 1 aliphatic heterocycles. The first kappa shape index (κ1) is 14.3. The van der Waals surface area contributed by atoms with Gasteiger partial charge in [-0.1, -0.05) is 19.3 Å². The van der Waals surface area contributed by atoms with Crippen LogP contribution in [0.2, 0.25) is 0 Å². The Morgan fingerprint density at radius 2 is 1.90 bits per heavy atom. The summed E-state index contributed by atoms with van der Waals surface area (Å²) in [4.78, 5) is 11.0. The van der Waals surface area contributed by atoms with Gasteiger partial charge < -0.3 is 5.32 Å². The number of anilines is 1. The van der Waals surface area contributed by atoms with E-state index < -0.39 is 0 Å². The van der Waals surface area contributed by atoms with E-state index >= 15 is 0 Å². The van der Waals surface area contributed by atoms with Crippen molar-refractivity contribution in [3.05, 3.63) is 18.1 Å². The molecule has 0 bridgehead atoms. The van der Waals surface area contributed by atoms with E-state index in [0.29, 0.717) is 17.6 Å². The number of nitriles is 1. The minimum absolute atomic E-state index is 0.379. The SMILES string of the molecule is N#Cc1nccnc1NC1CCCN(C2CCCCC2)C1. The highest BCUT2D eigenvalue weighted by Crippen LogP contribution is 2.26. The summed E-state index contributed by atoms with van der Waals surface area (Å²) in [6, 6.07) is 3.25. The molecular weight excluding hydrogens is 262 g/mol. The monoisotopic (exact) mass is 285 g/mol. The third-order valence-corrected chi connectivity index (χ3v) is 4.69. The van der Waals surface area contributed by atoms with Crippen LogP contribution in [0.25, 0.3) is 0 Å². The quantitative estimate of drug-likeness (QED) is 0.924. The molecule has 0 amide bonds. The fraction of sp³-hybridized carbons (Fsp3) is 0.688. The number of rotatable bonds is 3. The number of nitrogens with one attached hydrogen (secondary N) is 1.